The van der Waals surface area contributed by atoms with Crippen LogP contribution in [0.5, 0.6) is 0 Å². The van der Waals surface area contributed by atoms with Gasteiger partial charge in [0.1, 0.15) is 6.04 Å². The highest BCUT2D eigenvalue weighted by atomic mass is 16.2. The van der Waals surface area contributed by atoms with Gasteiger partial charge in [-0.05, 0) is 25.0 Å². The molecule has 2 aromatic carbocycles. The van der Waals surface area contributed by atoms with Gasteiger partial charge in [-0.1, -0.05) is 48.5 Å². The Labute approximate surface area is 136 Å². The van der Waals surface area contributed by atoms with Crippen molar-refractivity contribution in [3.05, 3.63) is 54.6 Å². The third-order valence-corrected chi connectivity index (χ3v) is 4.11. The van der Waals surface area contributed by atoms with Gasteiger partial charge in [0, 0.05) is 18.5 Å². The molecule has 0 spiro atoms. The number of likely N-dealkylation sites (N-methyl/N-ethyl adjacent to an activating group) is 1. The van der Waals surface area contributed by atoms with Gasteiger partial charge in [-0.15, -0.1) is 0 Å². The number of hydrogen-bond acceptors (Lipinski definition) is 2. The average Bonchev–Trinajstić information content (AvgIpc) is 2.97. The lowest BCUT2D eigenvalue weighted by atomic mass is 10.0. The summed E-state index contributed by atoms with van der Waals surface area (Å²) in [5.41, 5.74) is 2.81. The topological polar surface area (TPSA) is 49.4 Å². The highest BCUT2D eigenvalue weighted by Gasteiger charge is 2.37. The van der Waals surface area contributed by atoms with E-state index in [4.69, 9.17) is 0 Å². The SMILES string of the molecule is CCNC(=O)C1CCC(=O)N1c1ccccc1-c1ccccc1. The molecule has 1 N–H and O–H groups in total. The summed E-state index contributed by atoms with van der Waals surface area (Å²) in [7, 11) is 0. The minimum absolute atomic E-state index is 0.00429. The summed E-state index contributed by atoms with van der Waals surface area (Å²) >= 11 is 0. The number of anilines is 1. The number of nitrogens with one attached hydrogen (secondary N) is 1. The molecule has 0 aliphatic carbocycles. The first-order valence-corrected chi connectivity index (χ1v) is 7.96. The summed E-state index contributed by atoms with van der Waals surface area (Å²) in [5, 5.41) is 2.83. The zero-order valence-corrected chi connectivity index (χ0v) is 13.2. The molecule has 0 bridgehead atoms. The van der Waals surface area contributed by atoms with E-state index < -0.39 is 6.04 Å². The summed E-state index contributed by atoms with van der Waals surface area (Å²) in [4.78, 5) is 26.4. The van der Waals surface area contributed by atoms with Crippen LogP contribution in [0.25, 0.3) is 11.1 Å². The van der Waals surface area contributed by atoms with Crippen LogP contribution < -0.4 is 10.2 Å². The predicted octanol–water partition coefficient (Wildman–Crippen LogP) is 2.99. The summed E-state index contributed by atoms with van der Waals surface area (Å²) in [6.07, 6.45) is 0.971. The standard InChI is InChI=1S/C19H20N2O2/c1-2-20-19(23)17-12-13-18(22)21(17)16-11-7-6-10-15(16)14-8-4-3-5-9-14/h3-11,17H,2,12-13H2,1H3,(H,20,23). The van der Waals surface area contributed by atoms with Gasteiger partial charge in [0.15, 0.2) is 0 Å². The van der Waals surface area contributed by atoms with Crippen molar-refractivity contribution in [1.82, 2.24) is 5.32 Å². The molecule has 0 radical (unpaired) electrons. The Kier molecular flexibility index (Phi) is 4.42. The lowest BCUT2D eigenvalue weighted by Crippen LogP contribution is -2.45. The number of para-hydroxylation sites is 1. The van der Waals surface area contributed by atoms with Crippen LogP contribution in [-0.4, -0.2) is 24.4 Å². The largest absolute Gasteiger partial charge is 0.355 e. The fraction of sp³-hybridized carbons (Fsp3) is 0.263. The van der Waals surface area contributed by atoms with Crippen LogP contribution in [0.15, 0.2) is 54.6 Å². The number of nitrogens with zero attached hydrogens (tertiary/aromatic N) is 1. The molecule has 2 amide bonds. The van der Waals surface area contributed by atoms with Crippen molar-refractivity contribution in [1.29, 1.82) is 0 Å². The number of benzene rings is 2. The zero-order chi connectivity index (χ0) is 16.2. The average molecular weight is 308 g/mol. The van der Waals surface area contributed by atoms with E-state index >= 15 is 0 Å². The highest BCUT2D eigenvalue weighted by molar-refractivity contribution is 6.06. The van der Waals surface area contributed by atoms with E-state index in [2.05, 4.69) is 5.32 Å². The van der Waals surface area contributed by atoms with Gasteiger partial charge < -0.3 is 5.32 Å². The number of carbonyl (C=O) groups excluding carboxylic acids is 2. The van der Waals surface area contributed by atoms with E-state index in [0.717, 1.165) is 16.8 Å². The zero-order valence-electron chi connectivity index (χ0n) is 13.2. The molecule has 118 valence electrons. The Morgan fingerprint density at radius 3 is 2.57 bits per heavy atom. The van der Waals surface area contributed by atoms with Crippen LogP contribution in [0.1, 0.15) is 19.8 Å². The van der Waals surface area contributed by atoms with Gasteiger partial charge in [0.05, 0.1) is 5.69 Å². The lowest BCUT2D eigenvalue weighted by Gasteiger charge is -2.26. The van der Waals surface area contributed by atoms with E-state index in [9.17, 15) is 9.59 Å². The molecule has 23 heavy (non-hydrogen) atoms. The summed E-state index contributed by atoms with van der Waals surface area (Å²) in [6.45, 7) is 2.45. The number of carbonyl (C=O) groups is 2. The van der Waals surface area contributed by atoms with Crippen LogP contribution in [0, 0.1) is 0 Å². The second kappa shape index (κ2) is 6.65. The van der Waals surface area contributed by atoms with Gasteiger partial charge in [0.2, 0.25) is 11.8 Å². The van der Waals surface area contributed by atoms with Crippen molar-refractivity contribution in [3.8, 4) is 11.1 Å². The Morgan fingerprint density at radius 1 is 1.13 bits per heavy atom. The van der Waals surface area contributed by atoms with Crippen LogP contribution in [-0.2, 0) is 9.59 Å². The normalized spacial score (nSPS) is 17.3. The highest BCUT2D eigenvalue weighted by Crippen LogP contribution is 2.35. The quantitative estimate of drug-likeness (QED) is 0.944. The maximum Gasteiger partial charge on any atom is 0.243 e. The molecule has 3 rings (SSSR count). The van der Waals surface area contributed by atoms with Crippen LogP contribution in [0.4, 0.5) is 5.69 Å². The van der Waals surface area contributed by atoms with E-state index in [0.29, 0.717) is 19.4 Å². The molecular formula is C19H20N2O2. The van der Waals surface area contributed by atoms with E-state index in [1.54, 1.807) is 4.90 Å². The van der Waals surface area contributed by atoms with Crippen molar-refractivity contribution in [2.75, 3.05) is 11.4 Å². The van der Waals surface area contributed by atoms with E-state index in [1.165, 1.54) is 0 Å². The first-order chi connectivity index (χ1) is 11.2. The van der Waals surface area contributed by atoms with Gasteiger partial charge in [-0.2, -0.15) is 0 Å². The second-order valence-corrected chi connectivity index (χ2v) is 5.60. The second-order valence-electron chi connectivity index (χ2n) is 5.60. The number of amides is 2. The fourth-order valence-electron chi connectivity index (χ4n) is 3.07. The fourth-order valence-corrected chi connectivity index (χ4v) is 3.07. The summed E-state index contributed by atoms with van der Waals surface area (Å²) < 4.78 is 0. The minimum atomic E-state index is -0.424. The predicted molar refractivity (Wildman–Crippen MR) is 91.1 cm³/mol. The van der Waals surface area contributed by atoms with Crippen molar-refractivity contribution >= 4 is 17.5 Å². The molecule has 2 aromatic rings. The first kappa shape index (κ1) is 15.3. The first-order valence-electron chi connectivity index (χ1n) is 7.96. The molecule has 1 saturated heterocycles. The third-order valence-electron chi connectivity index (χ3n) is 4.11. The van der Waals surface area contributed by atoms with Crippen LogP contribution in [0.3, 0.4) is 0 Å². The molecule has 0 aromatic heterocycles. The number of hydrogen-bond donors (Lipinski definition) is 1. The van der Waals surface area contributed by atoms with Crippen molar-refractivity contribution in [2.24, 2.45) is 0 Å². The maximum absolute atomic E-state index is 12.4. The minimum Gasteiger partial charge on any atom is -0.355 e. The third kappa shape index (κ3) is 2.97. The lowest BCUT2D eigenvalue weighted by molar-refractivity contribution is -0.123. The van der Waals surface area contributed by atoms with E-state index in [1.807, 2.05) is 61.5 Å². The molecule has 1 unspecified atom stereocenters. The smallest absolute Gasteiger partial charge is 0.243 e. The van der Waals surface area contributed by atoms with Gasteiger partial charge in [-0.25, -0.2) is 0 Å². The van der Waals surface area contributed by atoms with Crippen LogP contribution >= 0.6 is 0 Å². The Balaban J connectivity index is 2.03. The molecule has 1 aliphatic rings. The van der Waals surface area contributed by atoms with Crippen LogP contribution in [0.2, 0.25) is 0 Å². The maximum atomic E-state index is 12.4. The summed E-state index contributed by atoms with van der Waals surface area (Å²) in [6, 6.07) is 17.3. The van der Waals surface area contributed by atoms with Gasteiger partial charge in [0.25, 0.3) is 0 Å². The molecule has 1 atom stereocenters. The molecule has 1 heterocycles. The Bertz CT molecular complexity index is 712. The Morgan fingerprint density at radius 2 is 1.83 bits per heavy atom. The molecule has 0 saturated carbocycles. The van der Waals surface area contributed by atoms with E-state index in [-0.39, 0.29) is 11.8 Å². The Hall–Kier alpha value is -2.62. The molecular weight excluding hydrogens is 288 g/mol. The molecule has 4 heteroatoms. The van der Waals surface area contributed by atoms with Gasteiger partial charge in [-0.3, -0.25) is 14.5 Å². The monoisotopic (exact) mass is 308 g/mol. The van der Waals surface area contributed by atoms with Crippen molar-refractivity contribution < 1.29 is 9.59 Å². The summed E-state index contributed by atoms with van der Waals surface area (Å²) in [5.74, 6) is -0.0779. The number of rotatable bonds is 4. The van der Waals surface area contributed by atoms with Crippen molar-refractivity contribution in [2.45, 2.75) is 25.8 Å². The molecule has 1 fully saturated rings. The van der Waals surface area contributed by atoms with Crippen molar-refractivity contribution in [3.63, 3.8) is 0 Å². The molecule has 1 aliphatic heterocycles. The van der Waals surface area contributed by atoms with Gasteiger partial charge >= 0.3 is 0 Å². The molecule has 4 nitrogen and oxygen atoms in total.